The molecule has 0 saturated heterocycles. The van der Waals surface area contributed by atoms with Gasteiger partial charge in [-0.25, -0.2) is 0 Å². The SMILES string of the molecule is CC(C)CCC1(C)C(O)C(C)(CCC(C)C)C1O. The summed E-state index contributed by atoms with van der Waals surface area (Å²) in [4.78, 5) is 0. The standard InChI is InChI=1S/C16H32O2/c1-11(2)7-9-15(5)13(17)16(6,14(15)18)10-8-12(3)4/h11-14,17-18H,7-10H2,1-6H3. The van der Waals surface area contributed by atoms with E-state index in [0.717, 1.165) is 25.7 Å². The van der Waals surface area contributed by atoms with Crippen LogP contribution in [0.3, 0.4) is 0 Å². The van der Waals surface area contributed by atoms with E-state index >= 15 is 0 Å². The fourth-order valence-electron chi connectivity index (χ4n) is 3.46. The summed E-state index contributed by atoms with van der Waals surface area (Å²) in [6.45, 7) is 12.9. The van der Waals surface area contributed by atoms with Gasteiger partial charge in [0, 0.05) is 10.8 Å². The summed E-state index contributed by atoms with van der Waals surface area (Å²) in [5.74, 6) is 1.26. The van der Waals surface area contributed by atoms with Crippen molar-refractivity contribution in [3.63, 3.8) is 0 Å². The Morgan fingerprint density at radius 2 is 1.06 bits per heavy atom. The van der Waals surface area contributed by atoms with Crippen LogP contribution in [0.1, 0.15) is 67.2 Å². The molecule has 0 aromatic heterocycles. The molecule has 0 unspecified atom stereocenters. The zero-order chi connectivity index (χ0) is 14.1. The van der Waals surface area contributed by atoms with Crippen LogP contribution in [-0.4, -0.2) is 22.4 Å². The maximum absolute atomic E-state index is 10.5. The van der Waals surface area contributed by atoms with Crippen LogP contribution in [0.15, 0.2) is 0 Å². The molecule has 1 saturated carbocycles. The first kappa shape index (κ1) is 16.0. The normalized spacial score (nSPS) is 40.3. The molecule has 2 N–H and O–H groups in total. The maximum atomic E-state index is 10.5. The van der Waals surface area contributed by atoms with Crippen molar-refractivity contribution >= 4 is 0 Å². The Labute approximate surface area is 113 Å². The van der Waals surface area contributed by atoms with Gasteiger partial charge in [-0.2, -0.15) is 0 Å². The minimum Gasteiger partial charge on any atom is -0.392 e. The van der Waals surface area contributed by atoms with Crippen LogP contribution >= 0.6 is 0 Å². The Balaban J connectivity index is 2.62. The lowest BCUT2D eigenvalue weighted by molar-refractivity contribution is -0.270. The van der Waals surface area contributed by atoms with Gasteiger partial charge in [0.25, 0.3) is 0 Å². The first-order chi connectivity index (χ1) is 8.14. The molecular formula is C16H32O2. The van der Waals surface area contributed by atoms with Crippen molar-refractivity contribution in [2.45, 2.75) is 79.4 Å². The number of aliphatic hydroxyl groups excluding tert-OH is 2. The summed E-state index contributed by atoms with van der Waals surface area (Å²) < 4.78 is 0. The Hall–Kier alpha value is -0.0800. The van der Waals surface area contributed by atoms with Crippen molar-refractivity contribution in [2.75, 3.05) is 0 Å². The van der Waals surface area contributed by atoms with Gasteiger partial charge in [0.15, 0.2) is 0 Å². The molecule has 0 amide bonds. The van der Waals surface area contributed by atoms with E-state index in [1.165, 1.54) is 0 Å². The fraction of sp³-hybridized carbons (Fsp3) is 1.00. The van der Waals surface area contributed by atoms with Gasteiger partial charge in [-0.1, -0.05) is 54.4 Å². The molecule has 2 nitrogen and oxygen atoms in total. The van der Waals surface area contributed by atoms with E-state index in [4.69, 9.17) is 0 Å². The average Bonchev–Trinajstić information content (AvgIpc) is 2.31. The zero-order valence-corrected chi connectivity index (χ0v) is 13.0. The monoisotopic (exact) mass is 256 g/mol. The van der Waals surface area contributed by atoms with Crippen LogP contribution < -0.4 is 0 Å². The fourth-order valence-corrected chi connectivity index (χ4v) is 3.46. The Bertz CT molecular complexity index is 234. The molecule has 1 aliphatic rings. The van der Waals surface area contributed by atoms with E-state index in [1.54, 1.807) is 0 Å². The Kier molecular flexibility index (Phi) is 4.88. The van der Waals surface area contributed by atoms with Crippen LogP contribution in [0.2, 0.25) is 0 Å². The van der Waals surface area contributed by atoms with Crippen molar-refractivity contribution < 1.29 is 10.2 Å². The molecule has 108 valence electrons. The van der Waals surface area contributed by atoms with E-state index in [2.05, 4.69) is 27.7 Å². The molecule has 1 aliphatic carbocycles. The summed E-state index contributed by atoms with van der Waals surface area (Å²) >= 11 is 0. The van der Waals surface area contributed by atoms with Gasteiger partial charge in [0.1, 0.15) is 0 Å². The number of rotatable bonds is 6. The smallest absolute Gasteiger partial charge is 0.0697 e. The van der Waals surface area contributed by atoms with Gasteiger partial charge in [0.05, 0.1) is 12.2 Å². The minimum atomic E-state index is -0.363. The highest BCUT2D eigenvalue weighted by molar-refractivity contribution is 5.13. The quantitative estimate of drug-likeness (QED) is 0.762. The van der Waals surface area contributed by atoms with E-state index in [0.29, 0.717) is 11.8 Å². The highest BCUT2D eigenvalue weighted by Crippen LogP contribution is 2.59. The third-order valence-electron chi connectivity index (χ3n) is 5.02. The first-order valence-electron chi connectivity index (χ1n) is 7.50. The molecule has 0 atom stereocenters. The third-order valence-corrected chi connectivity index (χ3v) is 5.02. The third kappa shape index (κ3) is 2.75. The van der Waals surface area contributed by atoms with Gasteiger partial charge in [-0.05, 0) is 24.7 Å². The second-order valence-corrected chi connectivity index (χ2v) is 7.68. The summed E-state index contributed by atoms with van der Waals surface area (Å²) in [6, 6.07) is 0. The van der Waals surface area contributed by atoms with Crippen molar-refractivity contribution in [3.05, 3.63) is 0 Å². The maximum Gasteiger partial charge on any atom is 0.0697 e. The van der Waals surface area contributed by atoms with E-state index in [-0.39, 0.29) is 23.0 Å². The van der Waals surface area contributed by atoms with Crippen molar-refractivity contribution in [3.8, 4) is 0 Å². The highest BCUT2D eigenvalue weighted by Gasteiger charge is 2.64. The topological polar surface area (TPSA) is 40.5 Å². The van der Waals surface area contributed by atoms with E-state index in [1.807, 2.05) is 13.8 Å². The van der Waals surface area contributed by atoms with Crippen LogP contribution in [0.5, 0.6) is 0 Å². The predicted octanol–water partition coefficient (Wildman–Crippen LogP) is 3.61. The predicted molar refractivity (Wildman–Crippen MR) is 76.4 cm³/mol. The lowest BCUT2D eigenvalue weighted by Gasteiger charge is -2.62. The van der Waals surface area contributed by atoms with Gasteiger partial charge in [0.2, 0.25) is 0 Å². The van der Waals surface area contributed by atoms with Gasteiger partial charge >= 0.3 is 0 Å². The molecule has 0 radical (unpaired) electrons. The number of hydrogen-bond donors (Lipinski definition) is 2. The van der Waals surface area contributed by atoms with Crippen molar-refractivity contribution in [1.29, 1.82) is 0 Å². The Morgan fingerprint density at radius 3 is 1.28 bits per heavy atom. The molecule has 0 aromatic carbocycles. The van der Waals surface area contributed by atoms with Crippen molar-refractivity contribution in [2.24, 2.45) is 22.7 Å². The number of hydrogen-bond acceptors (Lipinski definition) is 2. The first-order valence-corrected chi connectivity index (χ1v) is 7.50. The lowest BCUT2D eigenvalue weighted by atomic mass is 9.46. The number of aliphatic hydroxyl groups is 2. The molecule has 1 fully saturated rings. The van der Waals surface area contributed by atoms with Crippen LogP contribution in [0.25, 0.3) is 0 Å². The van der Waals surface area contributed by atoms with E-state index in [9.17, 15) is 10.2 Å². The molecule has 0 bridgehead atoms. The highest BCUT2D eigenvalue weighted by atomic mass is 16.3. The van der Waals surface area contributed by atoms with Gasteiger partial charge < -0.3 is 10.2 Å². The summed E-state index contributed by atoms with van der Waals surface area (Å²) in [7, 11) is 0. The zero-order valence-electron chi connectivity index (χ0n) is 13.0. The summed E-state index contributed by atoms with van der Waals surface area (Å²) in [6.07, 6.45) is 3.26. The molecule has 18 heavy (non-hydrogen) atoms. The summed E-state index contributed by atoms with van der Waals surface area (Å²) in [5.41, 5.74) is -0.591. The van der Waals surface area contributed by atoms with Gasteiger partial charge in [-0.15, -0.1) is 0 Å². The van der Waals surface area contributed by atoms with Crippen LogP contribution in [0.4, 0.5) is 0 Å². The molecule has 0 spiro atoms. The van der Waals surface area contributed by atoms with E-state index < -0.39 is 0 Å². The molecule has 1 rings (SSSR count). The lowest BCUT2D eigenvalue weighted by Crippen LogP contribution is -2.69. The van der Waals surface area contributed by atoms with Gasteiger partial charge in [-0.3, -0.25) is 0 Å². The minimum absolute atomic E-state index is 0.296. The molecule has 0 aliphatic heterocycles. The van der Waals surface area contributed by atoms with Crippen LogP contribution in [0, 0.1) is 22.7 Å². The molecule has 2 heteroatoms. The van der Waals surface area contributed by atoms with Crippen molar-refractivity contribution in [1.82, 2.24) is 0 Å². The molecule has 0 aromatic rings. The molecular weight excluding hydrogens is 224 g/mol. The second kappa shape index (κ2) is 5.50. The second-order valence-electron chi connectivity index (χ2n) is 7.68. The molecule has 0 heterocycles. The summed E-state index contributed by atoms with van der Waals surface area (Å²) in [5, 5.41) is 21.0. The largest absolute Gasteiger partial charge is 0.392 e. The van der Waals surface area contributed by atoms with Crippen LogP contribution in [-0.2, 0) is 0 Å². The Morgan fingerprint density at radius 1 is 0.778 bits per heavy atom. The average molecular weight is 256 g/mol.